The van der Waals surface area contributed by atoms with E-state index in [1.54, 1.807) is 6.92 Å². The first-order chi connectivity index (χ1) is 11.1. The summed E-state index contributed by atoms with van der Waals surface area (Å²) in [5.74, 6) is -1.44. The molecule has 0 spiro atoms. The van der Waals surface area contributed by atoms with E-state index in [9.17, 15) is 14.4 Å². The van der Waals surface area contributed by atoms with E-state index in [-0.39, 0.29) is 31.0 Å². The normalized spacial score (nSPS) is 10.5. The van der Waals surface area contributed by atoms with Crippen molar-refractivity contribution in [3.63, 3.8) is 0 Å². The molecule has 0 bridgehead atoms. The third-order valence-electron chi connectivity index (χ3n) is 3.86. The van der Waals surface area contributed by atoms with E-state index < -0.39 is 11.6 Å². The van der Waals surface area contributed by atoms with Crippen LogP contribution in [0.2, 0.25) is 0 Å². The van der Waals surface area contributed by atoms with Crippen molar-refractivity contribution in [2.24, 2.45) is 0 Å². The van der Waals surface area contributed by atoms with Gasteiger partial charge in [-0.15, -0.1) is 0 Å². The van der Waals surface area contributed by atoms with Gasteiger partial charge in [0.2, 0.25) is 5.78 Å². The number of carbonyl (C=O) groups excluding carboxylic acids is 3. The number of hydrogen-bond donors (Lipinski definition) is 0. The quantitative estimate of drug-likeness (QED) is 0.551. The lowest BCUT2D eigenvalue weighted by Crippen LogP contribution is -2.20. The van der Waals surface area contributed by atoms with Crippen molar-refractivity contribution in [2.45, 2.75) is 32.1 Å². The van der Waals surface area contributed by atoms with E-state index in [0.717, 1.165) is 11.1 Å². The van der Waals surface area contributed by atoms with E-state index in [2.05, 4.69) is 0 Å². The molecule has 0 amide bonds. The monoisotopic (exact) mass is 308 g/mol. The van der Waals surface area contributed by atoms with Crippen LogP contribution in [0.3, 0.4) is 0 Å². The highest BCUT2D eigenvalue weighted by Gasteiger charge is 2.23. The summed E-state index contributed by atoms with van der Waals surface area (Å²) in [6, 6.07) is 19.3. The maximum atomic E-state index is 12.2. The molecule has 0 N–H and O–H groups in total. The maximum Gasteiger partial charge on any atom is 0.205 e. The summed E-state index contributed by atoms with van der Waals surface area (Å²) in [5.41, 5.74) is 1.98. The molecule has 0 heterocycles. The van der Waals surface area contributed by atoms with Gasteiger partial charge in [-0.05, 0) is 11.1 Å². The Hall–Kier alpha value is -2.55. The average Bonchev–Trinajstić information content (AvgIpc) is 2.60. The molecule has 23 heavy (non-hydrogen) atoms. The molecule has 0 aromatic heterocycles. The third kappa shape index (κ3) is 4.71. The standard InChI is InChI=1S/C20H20O3/c1-2-17(21)13-19(22)20(23)14-18(15-9-5-3-6-10-15)16-11-7-4-8-12-16/h3-12,18H,2,13-14H2,1H3. The highest BCUT2D eigenvalue weighted by Crippen LogP contribution is 2.28. The smallest absolute Gasteiger partial charge is 0.205 e. The largest absolute Gasteiger partial charge is 0.299 e. The highest BCUT2D eigenvalue weighted by molar-refractivity contribution is 6.40. The first-order valence-corrected chi connectivity index (χ1v) is 7.79. The Kier molecular flexibility index (Phi) is 5.98. The average molecular weight is 308 g/mol. The van der Waals surface area contributed by atoms with Crippen molar-refractivity contribution in [2.75, 3.05) is 0 Å². The Morgan fingerprint density at radius 1 is 0.783 bits per heavy atom. The van der Waals surface area contributed by atoms with Crippen LogP contribution in [-0.4, -0.2) is 17.3 Å². The Morgan fingerprint density at radius 3 is 1.70 bits per heavy atom. The van der Waals surface area contributed by atoms with Crippen LogP contribution in [0.4, 0.5) is 0 Å². The second-order valence-corrected chi connectivity index (χ2v) is 5.49. The van der Waals surface area contributed by atoms with Crippen LogP contribution in [0.15, 0.2) is 60.7 Å². The van der Waals surface area contributed by atoms with Gasteiger partial charge in [-0.3, -0.25) is 14.4 Å². The Labute approximate surface area is 136 Å². The number of hydrogen-bond acceptors (Lipinski definition) is 3. The van der Waals surface area contributed by atoms with Crippen LogP contribution in [0.25, 0.3) is 0 Å². The van der Waals surface area contributed by atoms with Crippen LogP contribution in [0, 0.1) is 0 Å². The third-order valence-corrected chi connectivity index (χ3v) is 3.86. The lowest BCUT2D eigenvalue weighted by molar-refractivity contribution is -0.138. The van der Waals surface area contributed by atoms with Crippen LogP contribution in [0.1, 0.15) is 43.2 Å². The molecule has 0 unspecified atom stereocenters. The van der Waals surface area contributed by atoms with Gasteiger partial charge in [-0.2, -0.15) is 0 Å². The number of ketones is 3. The molecular formula is C20H20O3. The van der Waals surface area contributed by atoms with Gasteiger partial charge in [-0.1, -0.05) is 67.6 Å². The van der Waals surface area contributed by atoms with E-state index >= 15 is 0 Å². The van der Waals surface area contributed by atoms with Gasteiger partial charge >= 0.3 is 0 Å². The van der Waals surface area contributed by atoms with Crippen LogP contribution < -0.4 is 0 Å². The zero-order valence-electron chi connectivity index (χ0n) is 13.2. The predicted molar refractivity (Wildman–Crippen MR) is 89.3 cm³/mol. The first-order valence-electron chi connectivity index (χ1n) is 7.79. The van der Waals surface area contributed by atoms with Gasteiger partial charge in [0.1, 0.15) is 5.78 Å². The molecule has 3 nitrogen and oxygen atoms in total. The fraction of sp³-hybridized carbons (Fsp3) is 0.250. The maximum absolute atomic E-state index is 12.2. The fourth-order valence-electron chi connectivity index (χ4n) is 2.50. The van der Waals surface area contributed by atoms with Gasteiger partial charge in [0.05, 0.1) is 6.42 Å². The highest BCUT2D eigenvalue weighted by atomic mass is 16.2. The Morgan fingerprint density at radius 2 is 1.26 bits per heavy atom. The Balaban J connectivity index is 2.21. The van der Waals surface area contributed by atoms with Gasteiger partial charge in [-0.25, -0.2) is 0 Å². The molecule has 2 rings (SSSR count). The van der Waals surface area contributed by atoms with E-state index in [1.165, 1.54) is 0 Å². The van der Waals surface area contributed by atoms with Crippen molar-refractivity contribution >= 4 is 17.3 Å². The summed E-state index contributed by atoms with van der Waals surface area (Å²) >= 11 is 0. The molecule has 0 saturated carbocycles. The van der Waals surface area contributed by atoms with Crippen LogP contribution in [0.5, 0.6) is 0 Å². The van der Waals surface area contributed by atoms with Crippen molar-refractivity contribution in [3.05, 3.63) is 71.8 Å². The molecule has 0 aliphatic rings. The fourth-order valence-corrected chi connectivity index (χ4v) is 2.50. The van der Waals surface area contributed by atoms with Gasteiger partial charge in [0, 0.05) is 18.8 Å². The predicted octanol–water partition coefficient (Wildman–Crippen LogP) is 3.72. The van der Waals surface area contributed by atoms with Crippen molar-refractivity contribution in [3.8, 4) is 0 Å². The number of rotatable bonds is 8. The van der Waals surface area contributed by atoms with Crippen LogP contribution in [-0.2, 0) is 14.4 Å². The minimum Gasteiger partial charge on any atom is -0.299 e. The second-order valence-electron chi connectivity index (χ2n) is 5.49. The minimum atomic E-state index is -0.589. The van der Waals surface area contributed by atoms with Crippen molar-refractivity contribution < 1.29 is 14.4 Å². The van der Waals surface area contributed by atoms with Crippen LogP contribution >= 0.6 is 0 Å². The number of carbonyl (C=O) groups is 3. The zero-order chi connectivity index (χ0) is 16.7. The second kappa shape index (κ2) is 8.18. The van der Waals surface area contributed by atoms with E-state index in [1.807, 2.05) is 60.7 Å². The summed E-state index contributed by atoms with van der Waals surface area (Å²) in [5, 5.41) is 0. The topological polar surface area (TPSA) is 51.2 Å². The summed E-state index contributed by atoms with van der Waals surface area (Å²) in [6.45, 7) is 1.69. The first kappa shape index (κ1) is 16.8. The molecule has 3 heteroatoms. The molecule has 118 valence electrons. The summed E-state index contributed by atoms with van der Waals surface area (Å²) < 4.78 is 0. The molecule has 0 aliphatic heterocycles. The summed E-state index contributed by atoms with van der Waals surface area (Å²) in [7, 11) is 0. The van der Waals surface area contributed by atoms with E-state index in [4.69, 9.17) is 0 Å². The molecule has 0 saturated heterocycles. The minimum absolute atomic E-state index is 0.0872. The molecule has 0 aliphatic carbocycles. The summed E-state index contributed by atoms with van der Waals surface area (Å²) in [6.07, 6.45) is 0.0787. The SMILES string of the molecule is CCC(=O)CC(=O)C(=O)CC(c1ccccc1)c1ccccc1. The zero-order valence-corrected chi connectivity index (χ0v) is 13.2. The van der Waals surface area contributed by atoms with Crippen molar-refractivity contribution in [1.29, 1.82) is 0 Å². The van der Waals surface area contributed by atoms with E-state index in [0.29, 0.717) is 0 Å². The molecule has 0 fully saturated rings. The molecule has 2 aromatic carbocycles. The lowest BCUT2D eigenvalue weighted by atomic mass is 9.86. The van der Waals surface area contributed by atoms with Crippen molar-refractivity contribution in [1.82, 2.24) is 0 Å². The molecular weight excluding hydrogens is 288 g/mol. The number of benzene rings is 2. The molecule has 2 aromatic rings. The molecule has 0 atom stereocenters. The lowest BCUT2D eigenvalue weighted by Gasteiger charge is -2.17. The van der Waals surface area contributed by atoms with Gasteiger partial charge in [0.15, 0.2) is 5.78 Å². The Bertz CT molecular complexity index is 635. The van der Waals surface area contributed by atoms with Gasteiger partial charge < -0.3 is 0 Å². The summed E-state index contributed by atoms with van der Waals surface area (Å²) in [4.78, 5) is 35.6. The van der Waals surface area contributed by atoms with Gasteiger partial charge in [0.25, 0.3) is 0 Å². The number of Topliss-reactive ketones (excluding diaryl/α,β-unsaturated/α-hetero) is 3. The molecule has 0 radical (unpaired) electrons.